The predicted octanol–water partition coefficient (Wildman–Crippen LogP) is 5.99. The summed E-state index contributed by atoms with van der Waals surface area (Å²) in [5, 5.41) is 6.47. The van der Waals surface area contributed by atoms with Crippen molar-refractivity contribution in [3.8, 4) is 27.5 Å². The molecule has 0 spiro atoms. The number of nitrogens with zero attached hydrogens (tertiary/aromatic N) is 3. The number of nitrogens with one attached hydrogen (secondary N) is 1. The molecule has 0 unspecified atom stereocenters. The van der Waals surface area contributed by atoms with Crippen molar-refractivity contribution in [2.45, 2.75) is 40.2 Å². The zero-order chi connectivity index (χ0) is 28.9. The summed E-state index contributed by atoms with van der Waals surface area (Å²) in [6.45, 7) is 9.36. The summed E-state index contributed by atoms with van der Waals surface area (Å²) in [5.41, 5.74) is 5.84. The molecule has 7 nitrogen and oxygen atoms in total. The summed E-state index contributed by atoms with van der Waals surface area (Å²) in [4.78, 5) is 35.4. The first-order valence-corrected chi connectivity index (χ1v) is 15.4. The topological polar surface area (TPSA) is 76.5 Å². The van der Waals surface area contributed by atoms with Crippen molar-refractivity contribution in [3.05, 3.63) is 91.7 Å². The number of amides is 1. The maximum atomic E-state index is 14.6. The monoisotopic (exact) mass is 590 g/mol. The summed E-state index contributed by atoms with van der Waals surface area (Å²) >= 11 is 7.49. The van der Waals surface area contributed by atoms with Crippen LogP contribution in [0.5, 0.6) is 0 Å². The molecule has 0 atom stereocenters. The van der Waals surface area contributed by atoms with Gasteiger partial charge in [0.1, 0.15) is 5.01 Å². The van der Waals surface area contributed by atoms with E-state index in [0.29, 0.717) is 46.5 Å². The van der Waals surface area contributed by atoms with E-state index < -0.39 is 0 Å². The van der Waals surface area contributed by atoms with Gasteiger partial charge in [-0.05, 0) is 49.1 Å². The maximum Gasteiger partial charge on any atom is 0.265 e. The van der Waals surface area contributed by atoms with Gasteiger partial charge in [-0.2, -0.15) is 0 Å². The number of aromatic nitrogens is 2. The van der Waals surface area contributed by atoms with E-state index >= 15 is 0 Å². The van der Waals surface area contributed by atoms with Crippen LogP contribution in [0, 0.1) is 0 Å². The molecule has 41 heavy (non-hydrogen) atoms. The molecule has 2 aromatic heterocycles. The number of pyridine rings is 1. The minimum Gasteiger partial charge on any atom is -0.375 e. The summed E-state index contributed by atoms with van der Waals surface area (Å²) in [7, 11) is 0. The van der Waals surface area contributed by atoms with Gasteiger partial charge in [-0.15, -0.1) is 11.3 Å². The number of carbonyl (C=O) groups is 1. The third kappa shape index (κ3) is 6.02. The van der Waals surface area contributed by atoms with Crippen LogP contribution in [0.3, 0.4) is 0 Å². The number of thiazole rings is 1. The van der Waals surface area contributed by atoms with Crippen LogP contribution in [0.2, 0.25) is 5.02 Å². The SMILES string of the molecule is CCOCc1c(C(=O)N2CCNCC2)cc(-c2nc(-c3ccc(Cl)cc3)cs2)c(=O)n1-c1c(CC)cccc1CC. The highest BCUT2D eigenvalue weighted by atomic mass is 35.5. The minimum atomic E-state index is -0.204. The summed E-state index contributed by atoms with van der Waals surface area (Å²) < 4.78 is 7.65. The highest BCUT2D eigenvalue weighted by molar-refractivity contribution is 7.13. The van der Waals surface area contributed by atoms with Crippen molar-refractivity contribution in [2.24, 2.45) is 0 Å². The number of carbonyl (C=O) groups excluding carboxylic acids is 1. The largest absolute Gasteiger partial charge is 0.375 e. The van der Waals surface area contributed by atoms with Crippen LogP contribution in [0.25, 0.3) is 27.5 Å². The molecule has 1 saturated heterocycles. The van der Waals surface area contributed by atoms with Crippen molar-refractivity contribution < 1.29 is 9.53 Å². The lowest BCUT2D eigenvalue weighted by atomic mass is 10.0. The summed E-state index contributed by atoms with van der Waals surface area (Å²) in [6.07, 6.45) is 1.49. The molecule has 0 bridgehead atoms. The third-order valence-corrected chi connectivity index (χ3v) is 8.57. The van der Waals surface area contributed by atoms with Gasteiger partial charge in [0, 0.05) is 48.8 Å². The van der Waals surface area contributed by atoms with E-state index in [-0.39, 0.29) is 18.1 Å². The second kappa shape index (κ2) is 13.1. The number of halogens is 1. The molecule has 1 N–H and O–H groups in total. The van der Waals surface area contributed by atoms with E-state index in [0.717, 1.165) is 54.0 Å². The molecule has 2 aromatic carbocycles. The fourth-order valence-electron chi connectivity index (χ4n) is 5.26. The van der Waals surface area contributed by atoms with Gasteiger partial charge in [0.05, 0.1) is 34.8 Å². The van der Waals surface area contributed by atoms with E-state index in [9.17, 15) is 9.59 Å². The average Bonchev–Trinajstić information content (AvgIpc) is 3.50. The number of ether oxygens (including phenoxy) is 1. The van der Waals surface area contributed by atoms with Crippen LogP contribution in [0.1, 0.15) is 48.0 Å². The lowest BCUT2D eigenvalue weighted by Crippen LogP contribution is -2.47. The minimum absolute atomic E-state index is 0.0993. The number of piperazine rings is 1. The van der Waals surface area contributed by atoms with Gasteiger partial charge in [0.25, 0.3) is 11.5 Å². The first kappa shape index (κ1) is 29.2. The average molecular weight is 591 g/mol. The van der Waals surface area contributed by atoms with E-state index in [2.05, 4.69) is 31.3 Å². The van der Waals surface area contributed by atoms with E-state index in [1.165, 1.54) is 11.3 Å². The van der Waals surface area contributed by atoms with Crippen LogP contribution < -0.4 is 10.9 Å². The Kier molecular flexibility index (Phi) is 9.35. The Morgan fingerprint density at radius 2 is 1.73 bits per heavy atom. The van der Waals surface area contributed by atoms with Crippen LogP contribution in [-0.4, -0.2) is 53.1 Å². The normalized spacial score (nSPS) is 13.5. The number of hydrogen-bond acceptors (Lipinski definition) is 6. The van der Waals surface area contributed by atoms with Crippen molar-refractivity contribution in [1.82, 2.24) is 19.8 Å². The van der Waals surface area contributed by atoms with Crippen LogP contribution in [0.4, 0.5) is 0 Å². The second-order valence-corrected chi connectivity index (χ2v) is 11.2. The van der Waals surface area contributed by atoms with E-state index in [1.807, 2.05) is 47.5 Å². The third-order valence-electron chi connectivity index (χ3n) is 7.44. The molecular formula is C32H35ClN4O3S. The Balaban J connectivity index is 1.78. The van der Waals surface area contributed by atoms with Gasteiger partial charge in [0.15, 0.2) is 0 Å². The van der Waals surface area contributed by atoms with Crippen molar-refractivity contribution in [2.75, 3.05) is 32.8 Å². The Labute approximate surface area is 249 Å². The van der Waals surface area contributed by atoms with E-state index in [1.54, 1.807) is 10.6 Å². The van der Waals surface area contributed by atoms with Crippen molar-refractivity contribution in [3.63, 3.8) is 0 Å². The Hall–Kier alpha value is -3.30. The van der Waals surface area contributed by atoms with Gasteiger partial charge < -0.3 is 15.0 Å². The van der Waals surface area contributed by atoms with Gasteiger partial charge in [-0.25, -0.2) is 4.98 Å². The Bertz CT molecular complexity index is 1570. The quantitative estimate of drug-likeness (QED) is 0.259. The predicted molar refractivity (Wildman–Crippen MR) is 166 cm³/mol. The lowest BCUT2D eigenvalue weighted by molar-refractivity contribution is 0.0725. The molecule has 5 rings (SSSR count). The number of rotatable bonds is 9. The van der Waals surface area contributed by atoms with Gasteiger partial charge in [0.2, 0.25) is 0 Å². The Morgan fingerprint density at radius 3 is 2.37 bits per heavy atom. The van der Waals surface area contributed by atoms with Gasteiger partial charge >= 0.3 is 0 Å². The zero-order valence-electron chi connectivity index (χ0n) is 23.7. The molecule has 1 aliphatic rings. The van der Waals surface area contributed by atoms with Gasteiger partial charge in [-0.1, -0.05) is 55.8 Å². The first-order valence-electron chi connectivity index (χ1n) is 14.2. The molecule has 0 saturated carbocycles. The molecule has 1 amide bonds. The smallest absolute Gasteiger partial charge is 0.265 e. The molecule has 4 aromatic rings. The molecule has 1 aliphatic heterocycles. The molecule has 3 heterocycles. The highest BCUT2D eigenvalue weighted by Crippen LogP contribution is 2.31. The van der Waals surface area contributed by atoms with Crippen molar-refractivity contribution in [1.29, 1.82) is 0 Å². The number of para-hydroxylation sites is 1. The van der Waals surface area contributed by atoms with E-state index in [4.69, 9.17) is 21.3 Å². The Morgan fingerprint density at radius 1 is 1.05 bits per heavy atom. The number of aryl methyl sites for hydroxylation is 2. The molecular weight excluding hydrogens is 556 g/mol. The van der Waals surface area contributed by atoms with Gasteiger partial charge in [-0.3, -0.25) is 14.2 Å². The zero-order valence-corrected chi connectivity index (χ0v) is 25.3. The molecule has 0 radical (unpaired) electrons. The molecule has 1 fully saturated rings. The summed E-state index contributed by atoms with van der Waals surface area (Å²) in [6, 6.07) is 15.3. The van der Waals surface area contributed by atoms with Crippen LogP contribution in [-0.2, 0) is 24.2 Å². The standard InChI is InChI=1S/C32H35ClN4O3S/c1-4-21-8-7-9-22(5-2)29(21)37-28(19-40-6-3)25(31(38)36-16-14-34-15-17-36)18-26(32(37)39)30-35-27(20-41-30)23-10-12-24(33)13-11-23/h7-13,18,20,34H,4-6,14-17,19H2,1-3H3. The second-order valence-electron chi connectivity index (χ2n) is 9.92. The lowest BCUT2D eigenvalue weighted by Gasteiger charge is -2.29. The fraction of sp³-hybridized carbons (Fsp3) is 0.344. The van der Waals surface area contributed by atoms with Crippen LogP contribution in [0.15, 0.2) is 58.7 Å². The number of benzene rings is 2. The molecule has 9 heteroatoms. The maximum absolute atomic E-state index is 14.6. The van der Waals surface area contributed by atoms with Crippen LogP contribution >= 0.6 is 22.9 Å². The fourth-order valence-corrected chi connectivity index (χ4v) is 6.22. The molecule has 0 aliphatic carbocycles. The molecule has 214 valence electrons. The highest BCUT2D eigenvalue weighted by Gasteiger charge is 2.28. The first-order chi connectivity index (χ1) is 20.0. The number of hydrogen-bond donors (Lipinski definition) is 1. The van der Waals surface area contributed by atoms with Crippen molar-refractivity contribution >= 4 is 28.8 Å². The summed E-state index contributed by atoms with van der Waals surface area (Å²) in [5.74, 6) is -0.0993.